The van der Waals surface area contributed by atoms with Crippen LogP contribution in [0.3, 0.4) is 0 Å². The van der Waals surface area contributed by atoms with Crippen molar-refractivity contribution in [2.75, 3.05) is 13.2 Å². The maximum Gasteiger partial charge on any atom is 0.220 e. The van der Waals surface area contributed by atoms with E-state index >= 15 is 0 Å². The Morgan fingerprint density at radius 3 is 1.18 bits per heavy atom. The lowest BCUT2D eigenvalue weighted by Gasteiger charge is -2.40. The zero-order valence-corrected chi connectivity index (χ0v) is 47.9. The van der Waals surface area contributed by atoms with Crippen LogP contribution in [0, 0.1) is 0 Å². The molecule has 73 heavy (non-hydrogen) atoms. The number of ether oxygens (including phenoxy) is 2. The Balaban J connectivity index is 2.18. The van der Waals surface area contributed by atoms with Crippen LogP contribution < -0.4 is 5.32 Å². The quantitative estimate of drug-likeness (QED) is 0.0261. The summed E-state index contributed by atoms with van der Waals surface area (Å²) in [7, 11) is 0. The first-order valence-corrected chi connectivity index (χ1v) is 31.7. The average molecular weight is 1030 g/mol. The summed E-state index contributed by atoms with van der Waals surface area (Å²) in [6.07, 6.45) is 63.6. The number of unbranched alkanes of at least 4 members (excludes halogenated alkanes) is 41. The number of carbonyl (C=O) groups excluding carboxylic acids is 1. The number of hydrogen-bond donors (Lipinski definition) is 6. The lowest BCUT2D eigenvalue weighted by atomic mass is 9.99. The Kier molecular flexibility index (Phi) is 51.2. The predicted octanol–water partition coefficient (Wildman–Crippen LogP) is 16.3. The molecule has 0 spiro atoms. The van der Waals surface area contributed by atoms with Crippen LogP contribution in [0.5, 0.6) is 0 Å². The minimum Gasteiger partial charge on any atom is -0.394 e. The highest BCUT2D eigenvalue weighted by molar-refractivity contribution is 5.76. The van der Waals surface area contributed by atoms with Crippen molar-refractivity contribution in [1.29, 1.82) is 0 Å². The van der Waals surface area contributed by atoms with Gasteiger partial charge in [0.1, 0.15) is 24.4 Å². The van der Waals surface area contributed by atoms with E-state index in [1.807, 2.05) is 6.08 Å². The van der Waals surface area contributed by atoms with E-state index in [1.165, 1.54) is 244 Å². The van der Waals surface area contributed by atoms with Crippen LogP contribution >= 0.6 is 0 Å². The van der Waals surface area contributed by atoms with E-state index in [-0.39, 0.29) is 12.5 Å². The minimum absolute atomic E-state index is 0.173. The van der Waals surface area contributed by atoms with Gasteiger partial charge in [-0.3, -0.25) is 4.79 Å². The highest BCUT2D eigenvalue weighted by atomic mass is 16.7. The fraction of sp³-hybridized carbons (Fsp3) is 0.891. The molecule has 7 unspecified atom stereocenters. The summed E-state index contributed by atoms with van der Waals surface area (Å²) in [5.74, 6) is -0.173. The Hall–Kier alpha value is -1.59. The molecule has 430 valence electrons. The third kappa shape index (κ3) is 43.1. The van der Waals surface area contributed by atoms with Crippen LogP contribution in [-0.2, 0) is 14.3 Å². The van der Waals surface area contributed by atoms with Crippen LogP contribution in [0.1, 0.15) is 309 Å². The smallest absolute Gasteiger partial charge is 0.220 e. The molecule has 0 radical (unpaired) electrons. The minimum atomic E-state index is -1.57. The summed E-state index contributed by atoms with van der Waals surface area (Å²) >= 11 is 0. The second-order valence-electron chi connectivity index (χ2n) is 22.2. The number of aliphatic hydroxyl groups is 5. The third-order valence-corrected chi connectivity index (χ3v) is 15.2. The summed E-state index contributed by atoms with van der Waals surface area (Å²) in [4.78, 5) is 13.1. The molecule has 1 heterocycles. The zero-order chi connectivity index (χ0) is 52.9. The van der Waals surface area contributed by atoms with E-state index in [2.05, 4.69) is 43.5 Å². The van der Waals surface area contributed by atoms with Gasteiger partial charge in [-0.1, -0.05) is 288 Å². The van der Waals surface area contributed by atoms with Crippen molar-refractivity contribution in [2.45, 2.75) is 352 Å². The summed E-state index contributed by atoms with van der Waals surface area (Å²) in [6, 6.07) is -0.806. The fourth-order valence-corrected chi connectivity index (χ4v) is 10.2. The zero-order valence-electron chi connectivity index (χ0n) is 47.9. The number of aliphatic hydroxyl groups excluding tert-OH is 5. The molecule has 0 bridgehead atoms. The van der Waals surface area contributed by atoms with Crippen molar-refractivity contribution in [3.8, 4) is 0 Å². The maximum absolute atomic E-state index is 13.1. The Bertz CT molecular complexity index is 1240. The number of carbonyl (C=O) groups is 1. The molecule has 1 aliphatic heterocycles. The Morgan fingerprint density at radius 2 is 0.808 bits per heavy atom. The number of amides is 1. The van der Waals surface area contributed by atoms with Crippen LogP contribution in [-0.4, -0.2) is 87.5 Å². The van der Waals surface area contributed by atoms with Crippen LogP contribution in [0.2, 0.25) is 0 Å². The van der Waals surface area contributed by atoms with E-state index in [4.69, 9.17) is 9.47 Å². The molecule has 0 aromatic carbocycles. The van der Waals surface area contributed by atoms with Crippen LogP contribution in [0.25, 0.3) is 0 Å². The molecule has 9 nitrogen and oxygen atoms in total. The fourth-order valence-electron chi connectivity index (χ4n) is 10.2. The van der Waals surface area contributed by atoms with Gasteiger partial charge in [-0.25, -0.2) is 0 Å². The molecule has 0 aliphatic carbocycles. The maximum atomic E-state index is 13.1. The summed E-state index contributed by atoms with van der Waals surface area (Å²) in [6.45, 7) is 3.81. The van der Waals surface area contributed by atoms with Gasteiger partial charge < -0.3 is 40.3 Å². The molecular weight excluding hydrogens is 911 g/mol. The van der Waals surface area contributed by atoms with Crippen molar-refractivity contribution in [3.05, 3.63) is 36.5 Å². The predicted molar refractivity (Wildman–Crippen MR) is 309 cm³/mol. The first-order valence-electron chi connectivity index (χ1n) is 31.7. The van der Waals surface area contributed by atoms with Gasteiger partial charge in [-0.2, -0.15) is 0 Å². The van der Waals surface area contributed by atoms with E-state index in [0.717, 1.165) is 44.9 Å². The molecule has 0 aromatic heterocycles. The molecule has 9 heteroatoms. The van der Waals surface area contributed by atoms with Gasteiger partial charge in [0, 0.05) is 6.42 Å². The van der Waals surface area contributed by atoms with E-state index in [9.17, 15) is 30.3 Å². The van der Waals surface area contributed by atoms with E-state index < -0.39 is 49.5 Å². The van der Waals surface area contributed by atoms with Crippen molar-refractivity contribution < 1.29 is 39.8 Å². The standard InChI is InChI=1S/C64H121NO8/c1-3-5-7-9-11-13-15-17-19-21-23-25-27-29-31-33-35-37-39-41-43-45-47-49-51-53-58(67)57(56-72-64-63(71)62(70)61(69)59(55-66)73-64)65-60(68)54-52-50-48-46-44-42-40-38-36-34-32-30-28-26-24-22-20-18-16-14-12-10-8-6-4-2/h16,18,22,24,51,53,57-59,61-64,66-67,69-71H,3-15,17,19-21,23,25-50,52,54-56H2,1-2H3,(H,65,68)/b18-16-,24-22-,53-51+. The van der Waals surface area contributed by atoms with Crippen molar-refractivity contribution in [2.24, 2.45) is 0 Å². The average Bonchev–Trinajstić information content (AvgIpc) is 3.39. The molecule has 1 fully saturated rings. The van der Waals surface area contributed by atoms with Gasteiger partial charge in [0.2, 0.25) is 5.91 Å². The second-order valence-corrected chi connectivity index (χ2v) is 22.2. The van der Waals surface area contributed by atoms with Gasteiger partial charge in [0.05, 0.1) is 25.4 Å². The van der Waals surface area contributed by atoms with Crippen molar-refractivity contribution >= 4 is 5.91 Å². The van der Waals surface area contributed by atoms with Crippen LogP contribution in [0.4, 0.5) is 0 Å². The first-order chi connectivity index (χ1) is 35.8. The highest BCUT2D eigenvalue weighted by Crippen LogP contribution is 2.23. The Morgan fingerprint density at radius 1 is 0.466 bits per heavy atom. The number of rotatable bonds is 55. The van der Waals surface area contributed by atoms with Crippen molar-refractivity contribution in [1.82, 2.24) is 5.32 Å². The van der Waals surface area contributed by atoms with Crippen molar-refractivity contribution in [3.63, 3.8) is 0 Å². The SMILES string of the molecule is CCCCCCC/C=C\C/C=C\CCCCCCCCCCCCCCCC(=O)NC(COC1OC(CO)C(O)C(O)C1O)C(O)/C=C/CCCCCCCCCCCCCCCCCCCCCCCCC. The summed E-state index contributed by atoms with van der Waals surface area (Å²) in [5.41, 5.74) is 0. The monoisotopic (exact) mass is 1030 g/mol. The molecular formula is C64H121NO8. The van der Waals surface area contributed by atoms with E-state index in [0.29, 0.717) is 6.42 Å². The molecule has 1 amide bonds. The van der Waals surface area contributed by atoms with Crippen LogP contribution in [0.15, 0.2) is 36.5 Å². The van der Waals surface area contributed by atoms with Gasteiger partial charge >= 0.3 is 0 Å². The van der Waals surface area contributed by atoms with Gasteiger partial charge in [0.15, 0.2) is 6.29 Å². The number of nitrogens with one attached hydrogen (secondary N) is 1. The molecule has 0 saturated carbocycles. The van der Waals surface area contributed by atoms with Gasteiger partial charge in [0.25, 0.3) is 0 Å². The van der Waals surface area contributed by atoms with Gasteiger partial charge in [-0.15, -0.1) is 0 Å². The lowest BCUT2D eigenvalue weighted by Crippen LogP contribution is -2.60. The molecule has 1 aliphatic rings. The largest absolute Gasteiger partial charge is 0.394 e. The Labute approximate surface area is 451 Å². The molecule has 7 atom stereocenters. The summed E-state index contributed by atoms with van der Waals surface area (Å²) in [5, 5.41) is 54.7. The number of hydrogen-bond acceptors (Lipinski definition) is 8. The molecule has 1 rings (SSSR count). The summed E-state index contributed by atoms with van der Waals surface area (Å²) < 4.78 is 11.3. The topological polar surface area (TPSA) is 149 Å². The molecule has 0 aromatic rings. The number of allylic oxidation sites excluding steroid dienone is 5. The lowest BCUT2D eigenvalue weighted by molar-refractivity contribution is -0.302. The van der Waals surface area contributed by atoms with Gasteiger partial charge in [-0.05, 0) is 51.4 Å². The highest BCUT2D eigenvalue weighted by Gasteiger charge is 2.44. The normalized spacial score (nSPS) is 19.2. The third-order valence-electron chi connectivity index (χ3n) is 15.2. The molecule has 1 saturated heterocycles. The second kappa shape index (κ2) is 53.8. The van der Waals surface area contributed by atoms with E-state index in [1.54, 1.807) is 6.08 Å². The molecule has 6 N–H and O–H groups in total. The first kappa shape index (κ1) is 69.4.